The summed E-state index contributed by atoms with van der Waals surface area (Å²) in [6, 6.07) is 5.45. The van der Waals surface area contributed by atoms with Gasteiger partial charge in [-0.15, -0.1) is 0 Å². The lowest BCUT2D eigenvalue weighted by atomic mass is 10.3. The summed E-state index contributed by atoms with van der Waals surface area (Å²) in [5.74, 6) is 0.670. The van der Waals surface area contributed by atoms with Crippen LogP contribution in [0.4, 0.5) is 4.39 Å². The van der Waals surface area contributed by atoms with Crippen molar-refractivity contribution in [2.45, 2.75) is 13.0 Å². The van der Waals surface area contributed by atoms with Crippen LogP contribution in [-0.4, -0.2) is 36.3 Å². The molecule has 1 aromatic heterocycles. The molecule has 22 heavy (non-hydrogen) atoms. The third kappa shape index (κ3) is 5.13. The fraction of sp³-hybridized carbons (Fsp3) is 0.357. The van der Waals surface area contributed by atoms with Gasteiger partial charge in [-0.3, -0.25) is 4.79 Å². The number of aromatic nitrogens is 2. The minimum absolute atomic E-state index is 0.146. The van der Waals surface area contributed by atoms with E-state index < -0.39 is 0 Å². The highest BCUT2D eigenvalue weighted by molar-refractivity contribution is 5.77. The topological polar surface area (TPSA) is 86.5 Å². The number of nitrogens with zero attached hydrogens (tertiary/aromatic N) is 2. The molecule has 0 fully saturated rings. The van der Waals surface area contributed by atoms with Gasteiger partial charge in [0, 0.05) is 20.1 Å². The highest BCUT2D eigenvalue weighted by atomic mass is 19.1. The van der Waals surface area contributed by atoms with Crippen LogP contribution in [0.2, 0.25) is 0 Å². The quantitative estimate of drug-likeness (QED) is 0.785. The monoisotopic (exact) mass is 309 g/mol. The first kappa shape index (κ1) is 15.9. The number of halogens is 1. The molecule has 7 nitrogen and oxygen atoms in total. The molecule has 0 radical (unpaired) electrons. The van der Waals surface area contributed by atoms with Crippen molar-refractivity contribution in [1.29, 1.82) is 0 Å². The molecule has 0 bridgehead atoms. The Bertz CT molecular complexity index is 600. The Morgan fingerprint density at radius 2 is 2.14 bits per heavy atom. The van der Waals surface area contributed by atoms with Crippen LogP contribution in [-0.2, 0) is 22.6 Å². The Morgan fingerprint density at radius 3 is 2.86 bits per heavy atom. The van der Waals surface area contributed by atoms with Crippen molar-refractivity contribution in [1.82, 2.24) is 15.5 Å². The molecule has 2 aromatic rings. The number of methoxy groups -OCH3 is 1. The Hall–Kier alpha value is -2.48. The van der Waals surface area contributed by atoms with Gasteiger partial charge in [-0.2, -0.15) is 4.98 Å². The summed E-state index contributed by atoms with van der Waals surface area (Å²) in [6.45, 7) is 0.467. The molecule has 0 aliphatic carbocycles. The van der Waals surface area contributed by atoms with Crippen molar-refractivity contribution in [2.75, 3.05) is 20.3 Å². The number of rotatable bonds is 8. The smallest absolute Gasteiger partial charge is 0.257 e. The van der Waals surface area contributed by atoms with Crippen LogP contribution in [0.1, 0.15) is 11.7 Å². The van der Waals surface area contributed by atoms with Crippen molar-refractivity contribution in [3.8, 4) is 5.75 Å². The molecule has 118 valence electrons. The average molecular weight is 309 g/mol. The fourth-order valence-electron chi connectivity index (χ4n) is 1.62. The Morgan fingerprint density at radius 1 is 1.36 bits per heavy atom. The minimum Gasteiger partial charge on any atom is -0.484 e. The van der Waals surface area contributed by atoms with Gasteiger partial charge < -0.3 is 19.3 Å². The van der Waals surface area contributed by atoms with Crippen LogP contribution >= 0.6 is 0 Å². The molecule has 0 aliphatic heterocycles. The molecule has 1 aromatic carbocycles. The molecular formula is C14H16FN3O4. The van der Waals surface area contributed by atoms with E-state index in [0.717, 1.165) is 0 Å². The number of ether oxygens (including phenoxy) is 2. The maximum atomic E-state index is 12.7. The van der Waals surface area contributed by atoms with Crippen molar-refractivity contribution in [3.63, 3.8) is 0 Å². The number of hydrogen-bond acceptors (Lipinski definition) is 6. The van der Waals surface area contributed by atoms with E-state index in [0.29, 0.717) is 30.4 Å². The van der Waals surface area contributed by atoms with Gasteiger partial charge in [0.1, 0.15) is 18.2 Å². The second kappa shape index (κ2) is 8.08. The summed E-state index contributed by atoms with van der Waals surface area (Å²) in [7, 11) is 1.53. The summed E-state index contributed by atoms with van der Waals surface area (Å²) < 4.78 is 27.7. The molecule has 2 rings (SSSR count). The van der Waals surface area contributed by atoms with Crippen molar-refractivity contribution < 1.29 is 23.2 Å². The normalized spacial score (nSPS) is 10.5. The van der Waals surface area contributed by atoms with E-state index in [2.05, 4.69) is 15.5 Å². The first-order chi connectivity index (χ1) is 10.7. The molecule has 1 amide bonds. The first-order valence-electron chi connectivity index (χ1n) is 6.63. The largest absolute Gasteiger partial charge is 0.484 e. The Balaban J connectivity index is 1.65. The van der Waals surface area contributed by atoms with Gasteiger partial charge in [0.25, 0.3) is 11.8 Å². The van der Waals surface area contributed by atoms with E-state index in [-0.39, 0.29) is 24.9 Å². The van der Waals surface area contributed by atoms with Crippen molar-refractivity contribution in [2.24, 2.45) is 0 Å². The summed E-state index contributed by atoms with van der Waals surface area (Å²) >= 11 is 0. The van der Waals surface area contributed by atoms with Gasteiger partial charge in [0.2, 0.25) is 0 Å². The lowest BCUT2D eigenvalue weighted by molar-refractivity contribution is -0.123. The van der Waals surface area contributed by atoms with E-state index in [9.17, 15) is 9.18 Å². The zero-order valence-corrected chi connectivity index (χ0v) is 12.0. The molecule has 0 saturated carbocycles. The van der Waals surface area contributed by atoms with Crippen molar-refractivity contribution in [3.05, 3.63) is 41.8 Å². The maximum Gasteiger partial charge on any atom is 0.257 e. The predicted molar refractivity (Wildman–Crippen MR) is 73.6 cm³/mol. The maximum absolute atomic E-state index is 12.7. The summed E-state index contributed by atoms with van der Waals surface area (Å²) in [5, 5.41) is 6.41. The van der Waals surface area contributed by atoms with Crippen molar-refractivity contribution >= 4 is 5.91 Å². The molecule has 0 aliphatic rings. The van der Waals surface area contributed by atoms with Gasteiger partial charge in [-0.05, 0) is 24.3 Å². The molecule has 0 saturated heterocycles. The van der Waals surface area contributed by atoms with E-state index in [4.69, 9.17) is 14.0 Å². The molecular weight excluding hydrogens is 293 g/mol. The Kier molecular flexibility index (Phi) is 5.84. The second-order valence-corrected chi connectivity index (χ2v) is 4.38. The van der Waals surface area contributed by atoms with E-state index in [1.165, 1.54) is 31.4 Å². The Labute approximate surface area is 126 Å². The van der Waals surface area contributed by atoms with Crippen LogP contribution in [0.25, 0.3) is 0 Å². The number of carbonyl (C=O) groups excluding carboxylic acids is 1. The third-order valence-electron chi connectivity index (χ3n) is 2.63. The number of carbonyl (C=O) groups is 1. The molecule has 1 N–H and O–H groups in total. The van der Waals surface area contributed by atoms with Crippen LogP contribution in [0.5, 0.6) is 5.75 Å². The van der Waals surface area contributed by atoms with Crippen LogP contribution in [0.3, 0.4) is 0 Å². The van der Waals surface area contributed by atoms with Gasteiger partial charge >= 0.3 is 0 Å². The van der Waals surface area contributed by atoms with Gasteiger partial charge in [-0.1, -0.05) is 5.16 Å². The predicted octanol–water partition coefficient (Wildman–Crippen LogP) is 1.09. The number of nitrogens with one attached hydrogen (secondary N) is 1. The summed E-state index contributed by atoms with van der Waals surface area (Å²) in [5.41, 5.74) is 0. The summed E-state index contributed by atoms with van der Waals surface area (Å²) in [4.78, 5) is 15.7. The third-order valence-corrected chi connectivity index (χ3v) is 2.63. The molecule has 1 heterocycles. The zero-order valence-electron chi connectivity index (χ0n) is 12.0. The average Bonchev–Trinajstić information content (AvgIpc) is 2.95. The molecule has 8 heteroatoms. The molecule has 0 atom stereocenters. The highest BCUT2D eigenvalue weighted by Gasteiger charge is 2.07. The van der Waals surface area contributed by atoms with E-state index in [1.807, 2.05) is 0 Å². The highest BCUT2D eigenvalue weighted by Crippen LogP contribution is 2.10. The standard InChI is InChI=1S/C14H16FN3O4/c1-20-9-14-17-12(18-22-14)6-7-16-13(19)8-21-11-4-2-10(15)3-5-11/h2-5H,6-9H2,1H3,(H,16,19). The van der Waals surface area contributed by atoms with E-state index >= 15 is 0 Å². The van der Waals surface area contributed by atoms with Gasteiger partial charge in [0.15, 0.2) is 12.4 Å². The van der Waals surface area contributed by atoms with Crippen LogP contribution in [0.15, 0.2) is 28.8 Å². The molecule has 0 unspecified atom stereocenters. The number of hydrogen-bond donors (Lipinski definition) is 1. The second-order valence-electron chi connectivity index (χ2n) is 4.38. The minimum atomic E-state index is -0.357. The fourth-order valence-corrected chi connectivity index (χ4v) is 1.62. The van der Waals surface area contributed by atoms with Gasteiger partial charge in [-0.25, -0.2) is 4.39 Å². The van der Waals surface area contributed by atoms with Crippen LogP contribution < -0.4 is 10.1 Å². The first-order valence-corrected chi connectivity index (χ1v) is 6.63. The SMILES string of the molecule is COCc1nc(CCNC(=O)COc2ccc(F)cc2)no1. The van der Waals surface area contributed by atoms with Crippen LogP contribution in [0, 0.1) is 5.82 Å². The lowest BCUT2D eigenvalue weighted by Gasteiger charge is -2.06. The molecule has 0 spiro atoms. The van der Waals surface area contributed by atoms with E-state index in [1.54, 1.807) is 0 Å². The van der Waals surface area contributed by atoms with Gasteiger partial charge in [0.05, 0.1) is 0 Å². The number of benzene rings is 1. The lowest BCUT2D eigenvalue weighted by Crippen LogP contribution is -2.30. The summed E-state index contributed by atoms with van der Waals surface area (Å²) in [6.07, 6.45) is 0.440. The number of amides is 1. The zero-order chi connectivity index (χ0) is 15.8.